The first-order valence-corrected chi connectivity index (χ1v) is 13.8. The predicted octanol–water partition coefficient (Wildman–Crippen LogP) is 4.50. The molecule has 0 bridgehead atoms. The van der Waals surface area contributed by atoms with Gasteiger partial charge in [0, 0.05) is 35.5 Å². The lowest BCUT2D eigenvalue weighted by molar-refractivity contribution is -0.117. The monoisotopic (exact) mass is 507 g/mol. The van der Waals surface area contributed by atoms with E-state index in [9.17, 15) is 13.6 Å². The van der Waals surface area contributed by atoms with Crippen LogP contribution in [-0.2, 0) is 17.8 Å². The van der Waals surface area contributed by atoms with E-state index in [-0.39, 0.29) is 25.0 Å². The molecule has 10 heteroatoms. The summed E-state index contributed by atoms with van der Waals surface area (Å²) in [5.74, 6) is -1.91. The molecule has 2 aliphatic heterocycles. The molecule has 1 aliphatic carbocycles. The quantitative estimate of drug-likeness (QED) is 0.559. The number of alkyl halides is 2. The van der Waals surface area contributed by atoms with Crippen molar-refractivity contribution in [1.29, 1.82) is 0 Å². The highest BCUT2D eigenvalue weighted by molar-refractivity contribution is 7.15. The molecule has 6 nitrogen and oxygen atoms in total. The van der Waals surface area contributed by atoms with Crippen LogP contribution in [0.5, 0.6) is 0 Å². The standard InChI is InChI=1S/C24H31F2N5OS2/c1-16-27-19(13-33-16)6-7-22(32)28-18-4-2-17(3-5-18)8-10-30-11-9-21-20(12-30)29-23(34-21)31-14-24(25,26)15-31/h6-7,13,17-18H,2-5,8-12,14-15H2,1H3,(H,28,32)/b7-6+. The summed E-state index contributed by atoms with van der Waals surface area (Å²) in [6.45, 7) is 4.44. The molecule has 2 fully saturated rings. The Morgan fingerprint density at radius 2 is 2.06 bits per heavy atom. The Kier molecular flexibility index (Phi) is 7.00. The number of aryl methyl sites for hydroxylation is 1. The molecule has 3 aliphatic rings. The molecular formula is C24H31F2N5OS2. The Bertz CT molecular complexity index is 1040. The molecule has 5 rings (SSSR count). The number of hydrogen-bond acceptors (Lipinski definition) is 7. The minimum Gasteiger partial charge on any atom is -0.350 e. The molecule has 34 heavy (non-hydrogen) atoms. The second-order valence-electron chi connectivity index (χ2n) is 9.74. The van der Waals surface area contributed by atoms with Crippen molar-refractivity contribution in [3.8, 4) is 0 Å². The Morgan fingerprint density at radius 3 is 2.76 bits per heavy atom. The van der Waals surface area contributed by atoms with Crippen LogP contribution in [0.4, 0.5) is 13.9 Å². The van der Waals surface area contributed by atoms with E-state index in [0.717, 1.165) is 79.7 Å². The molecule has 184 valence electrons. The number of rotatable bonds is 7. The highest BCUT2D eigenvalue weighted by atomic mass is 32.1. The first kappa shape index (κ1) is 23.8. The van der Waals surface area contributed by atoms with Gasteiger partial charge >= 0.3 is 0 Å². The molecular weight excluding hydrogens is 476 g/mol. The van der Waals surface area contributed by atoms with Gasteiger partial charge in [0.1, 0.15) is 0 Å². The van der Waals surface area contributed by atoms with Gasteiger partial charge in [0.25, 0.3) is 5.92 Å². The Labute approximate surface area is 207 Å². The van der Waals surface area contributed by atoms with Crippen molar-refractivity contribution < 1.29 is 13.6 Å². The van der Waals surface area contributed by atoms with Crippen LogP contribution >= 0.6 is 22.7 Å². The van der Waals surface area contributed by atoms with Crippen molar-refractivity contribution in [2.45, 2.75) is 64.0 Å². The first-order valence-electron chi connectivity index (χ1n) is 12.1. The molecule has 4 heterocycles. The molecule has 1 amide bonds. The highest BCUT2D eigenvalue weighted by Crippen LogP contribution is 2.37. The number of hydrogen-bond donors (Lipinski definition) is 1. The third-order valence-corrected chi connectivity index (χ3v) is 9.01. The predicted molar refractivity (Wildman–Crippen MR) is 133 cm³/mol. The molecule has 1 N–H and O–H groups in total. The maximum atomic E-state index is 13.2. The summed E-state index contributed by atoms with van der Waals surface area (Å²) in [7, 11) is 0. The van der Waals surface area contributed by atoms with Gasteiger partial charge < -0.3 is 10.2 Å². The van der Waals surface area contributed by atoms with Crippen molar-refractivity contribution >= 4 is 39.8 Å². The maximum absolute atomic E-state index is 13.2. The van der Waals surface area contributed by atoms with Gasteiger partial charge in [-0.15, -0.1) is 22.7 Å². The molecule has 0 spiro atoms. The topological polar surface area (TPSA) is 61.4 Å². The number of anilines is 1. The van der Waals surface area contributed by atoms with Crippen molar-refractivity contribution in [3.63, 3.8) is 0 Å². The zero-order valence-corrected chi connectivity index (χ0v) is 21.1. The summed E-state index contributed by atoms with van der Waals surface area (Å²) >= 11 is 3.17. The van der Waals surface area contributed by atoms with Gasteiger partial charge in [-0.2, -0.15) is 0 Å². The summed E-state index contributed by atoms with van der Waals surface area (Å²) in [5, 5.41) is 6.85. The zero-order chi connectivity index (χ0) is 23.7. The van der Waals surface area contributed by atoms with Crippen molar-refractivity contribution in [2.75, 3.05) is 31.1 Å². The van der Waals surface area contributed by atoms with Crippen molar-refractivity contribution in [2.24, 2.45) is 5.92 Å². The average Bonchev–Trinajstić information content (AvgIpc) is 3.41. The molecule has 0 unspecified atom stereocenters. The fourth-order valence-electron chi connectivity index (χ4n) is 5.04. The minimum absolute atomic E-state index is 0.0391. The van der Waals surface area contributed by atoms with Crippen LogP contribution in [0.1, 0.15) is 53.4 Å². The van der Waals surface area contributed by atoms with Gasteiger partial charge in [0.05, 0.1) is 29.5 Å². The van der Waals surface area contributed by atoms with E-state index in [0.29, 0.717) is 5.92 Å². The van der Waals surface area contributed by atoms with E-state index in [2.05, 4.69) is 20.2 Å². The van der Waals surface area contributed by atoms with Gasteiger partial charge in [0.15, 0.2) is 5.13 Å². The number of nitrogens with one attached hydrogen (secondary N) is 1. The molecule has 2 aromatic rings. The van der Waals surface area contributed by atoms with Gasteiger partial charge in [-0.1, -0.05) is 0 Å². The summed E-state index contributed by atoms with van der Waals surface area (Å²) < 4.78 is 26.4. The largest absolute Gasteiger partial charge is 0.350 e. The van der Waals surface area contributed by atoms with Crippen LogP contribution in [0.15, 0.2) is 11.5 Å². The number of halogens is 2. The fraction of sp³-hybridized carbons (Fsp3) is 0.625. The summed E-state index contributed by atoms with van der Waals surface area (Å²) in [5.41, 5.74) is 1.91. The van der Waals surface area contributed by atoms with E-state index >= 15 is 0 Å². The second kappa shape index (κ2) is 9.99. The summed E-state index contributed by atoms with van der Waals surface area (Å²) in [6.07, 6.45) is 9.83. The lowest BCUT2D eigenvalue weighted by Crippen LogP contribution is -2.56. The Hall–Kier alpha value is -1.91. The van der Waals surface area contributed by atoms with Crippen LogP contribution in [0.3, 0.4) is 0 Å². The van der Waals surface area contributed by atoms with Crippen LogP contribution in [0.2, 0.25) is 0 Å². The number of carbonyl (C=O) groups is 1. The third-order valence-electron chi connectivity index (χ3n) is 7.00. The summed E-state index contributed by atoms with van der Waals surface area (Å²) in [4.78, 5) is 26.7. The van der Waals surface area contributed by atoms with Crippen LogP contribution in [0, 0.1) is 12.8 Å². The number of nitrogens with zero attached hydrogens (tertiary/aromatic N) is 4. The van der Waals surface area contributed by atoms with Crippen LogP contribution in [-0.4, -0.2) is 58.9 Å². The van der Waals surface area contributed by atoms with E-state index in [1.807, 2.05) is 12.3 Å². The zero-order valence-electron chi connectivity index (χ0n) is 19.4. The molecule has 1 saturated heterocycles. The van der Waals surface area contributed by atoms with Crippen LogP contribution < -0.4 is 10.2 Å². The number of amides is 1. The average molecular weight is 508 g/mol. The molecule has 1 saturated carbocycles. The molecule has 2 aromatic heterocycles. The van der Waals surface area contributed by atoms with Gasteiger partial charge in [-0.3, -0.25) is 9.69 Å². The van der Waals surface area contributed by atoms with Crippen molar-refractivity contribution in [1.82, 2.24) is 20.2 Å². The Balaban J connectivity index is 1.01. The SMILES string of the molecule is Cc1nc(/C=C/C(=O)NC2CCC(CCN3CCc4sc(N5CC(F)(F)C5)nc4C3)CC2)cs1. The highest BCUT2D eigenvalue weighted by Gasteiger charge is 2.45. The number of carbonyl (C=O) groups excluding carboxylic acids is 1. The molecule has 0 aromatic carbocycles. The van der Waals surface area contributed by atoms with Gasteiger partial charge in [0.2, 0.25) is 5.91 Å². The van der Waals surface area contributed by atoms with E-state index < -0.39 is 5.92 Å². The molecule has 0 radical (unpaired) electrons. The lowest BCUT2D eigenvalue weighted by Gasteiger charge is -2.38. The minimum atomic E-state index is -2.56. The molecule has 0 atom stereocenters. The fourth-order valence-corrected chi connectivity index (χ4v) is 6.68. The Morgan fingerprint density at radius 1 is 1.26 bits per heavy atom. The smallest absolute Gasteiger partial charge is 0.282 e. The van der Waals surface area contributed by atoms with E-state index in [1.165, 1.54) is 4.88 Å². The number of aromatic nitrogens is 2. The maximum Gasteiger partial charge on any atom is 0.282 e. The van der Waals surface area contributed by atoms with Gasteiger partial charge in [-0.25, -0.2) is 18.7 Å². The third kappa shape index (κ3) is 5.83. The van der Waals surface area contributed by atoms with E-state index in [4.69, 9.17) is 0 Å². The lowest BCUT2D eigenvalue weighted by atomic mass is 9.84. The first-order chi connectivity index (χ1) is 16.3. The van der Waals surface area contributed by atoms with Crippen LogP contribution in [0.25, 0.3) is 6.08 Å². The number of fused-ring (bicyclic) bond motifs is 1. The second-order valence-corrected chi connectivity index (χ2v) is 11.9. The number of thiazole rings is 2. The van der Waals surface area contributed by atoms with E-state index in [1.54, 1.807) is 39.7 Å². The van der Waals surface area contributed by atoms with Gasteiger partial charge in [-0.05, 0) is 64.0 Å². The van der Waals surface area contributed by atoms with Crippen molar-refractivity contribution in [3.05, 3.63) is 32.7 Å². The normalized spacial score (nSPS) is 24.7. The summed E-state index contributed by atoms with van der Waals surface area (Å²) in [6, 6.07) is 0.255.